The van der Waals surface area contributed by atoms with E-state index in [2.05, 4.69) is 17.6 Å². The number of alkyl carbamates (subject to hydrolysis) is 1. The second-order valence-electron chi connectivity index (χ2n) is 8.39. The number of amides is 2. The third-order valence-electron chi connectivity index (χ3n) is 3.79. The molecule has 158 valence electrons. The number of unbranched alkanes of at least 4 members (excludes halogenated alkanes) is 1. The van der Waals surface area contributed by atoms with Gasteiger partial charge in [-0.25, -0.2) is 9.59 Å². The zero-order valence-corrected chi connectivity index (χ0v) is 18.2. The first-order valence-electron chi connectivity index (χ1n) is 9.85. The lowest BCUT2D eigenvalue weighted by atomic mass is 9.95. The van der Waals surface area contributed by atoms with Crippen molar-refractivity contribution in [2.24, 2.45) is 5.92 Å². The minimum Gasteiger partial charge on any atom is -0.461 e. The average molecular weight is 387 g/mol. The maximum atomic E-state index is 12.4. The van der Waals surface area contributed by atoms with Gasteiger partial charge in [0.25, 0.3) is 0 Å². The molecule has 0 rings (SSSR count). The SMILES string of the molecule is CCCC[C@@H](OC(=O)[C@H](C)NC(=O)OC(C)(C)C)[C@@H](C)CC(=O)NC(C)C. The van der Waals surface area contributed by atoms with Crippen molar-refractivity contribution in [2.75, 3.05) is 0 Å². The summed E-state index contributed by atoms with van der Waals surface area (Å²) in [7, 11) is 0. The van der Waals surface area contributed by atoms with E-state index in [-0.39, 0.29) is 30.4 Å². The highest BCUT2D eigenvalue weighted by molar-refractivity contribution is 5.81. The number of hydrogen-bond acceptors (Lipinski definition) is 5. The Balaban J connectivity index is 4.78. The van der Waals surface area contributed by atoms with Crippen molar-refractivity contribution in [1.82, 2.24) is 10.6 Å². The molecule has 27 heavy (non-hydrogen) atoms. The number of carbonyl (C=O) groups is 3. The molecule has 0 unspecified atom stereocenters. The van der Waals surface area contributed by atoms with Crippen LogP contribution in [0.3, 0.4) is 0 Å². The normalized spacial score (nSPS) is 14.9. The number of carbonyl (C=O) groups excluding carboxylic acids is 3. The van der Waals surface area contributed by atoms with E-state index in [1.165, 1.54) is 0 Å². The van der Waals surface area contributed by atoms with E-state index in [0.717, 1.165) is 12.8 Å². The standard InChI is InChI=1S/C20H38N2O5/c1-9-10-11-16(14(4)12-17(23)21-13(2)3)26-18(24)15(5)22-19(25)27-20(6,7)8/h13-16H,9-12H2,1-8H3,(H,21,23)(H,22,25)/t14-,15-,16+/m0/s1. The Morgan fingerprint density at radius 2 is 1.59 bits per heavy atom. The van der Waals surface area contributed by atoms with Gasteiger partial charge >= 0.3 is 12.1 Å². The molecule has 0 fully saturated rings. The van der Waals surface area contributed by atoms with Gasteiger partial charge < -0.3 is 20.1 Å². The van der Waals surface area contributed by atoms with Crippen molar-refractivity contribution in [1.29, 1.82) is 0 Å². The molecule has 0 saturated carbocycles. The quantitative estimate of drug-likeness (QED) is 0.560. The summed E-state index contributed by atoms with van der Waals surface area (Å²) in [5.41, 5.74) is -0.643. The van der Waals surface area contributed by atoms with E-state index in [4.69, 9.17) is 9.47 Å². The Morgan fingerprint density at radius 3 is 2.07 bits per heavy atom. The van der Waals surface area contributed by atoms with Crippen LogP contribution < -0.4 is 10.6 Å². The van der Waals surface area contributed by atoms with Crippen LogP contribution in [0.2, 0.25) is 0 Å². The predicted molar refractivity (Wildman–Crippen MR) is 105 cm³/mol. The molecule has 0 bridgehead atoms. The van der Waals surface area contributed by atoms with Crippen molar-refractivity contribution in [3.8, 4) is 0 Å². The number of nitrogens with one attached hydrogen (secondary N) is 2. The minimum absolute atomic E-state index is 0.0602. The zero-order chi connectivity index (χ0) is 21.2. The molecule has 0 radical (unpaired) electrons. The molecule has 0 aliphatic heterocycles. The lowest BCUT2D eigenvalue weighted by Crippen LogP contribution is -2.44. The van der Waals surface area contributed by atoms with Crippen LogP contribution >= 0.6 is 0 Å². The van der Waals surface area contributed by atoms with E-state index in [0.29, 0.717) is 6.42 Å². The smallest absolute Gasteiger partial charge is 0.408 e. The fourth-order valence-electron chi connectivity index (χ4n) is 2.46. The summed E-state index contributed by atoms with van der Waals surface area (Å²) in [4.78, 5) is 36.2. The first-order valence-corrected chi connectivity index (χ1v) is 9.85. The van der Waals surface area contributed by atoms with Gasteiger partial charge in [0.1, 0.15) is 17.7 Å². The molecule has 2 N–H and O–H groups in total. The lowest BCUT2D eigenvalue weighted by Gasteiger charge is -2.26. The molecule has 0 saturated heterocycles. The van der Waals surface area contributed by atoms with Gasteiger partial charge in [0.05, 0.1) is 0 Å². The molecule has 7 nitrogen and oxygen atoms in total. The van der Waals surface area contributed by atoms with Crippen molar-refractivity contribution < 1.29 is 23.9 Å². The minimum atomic E-state index is -0.833. The topological polar surface area (TPSA) is 93.7 Å². The monoisotopic (exact) mass is 386 g/mol. The summed E-state index contributed by atoms with van der Waals surface area (Å²) >= 11 is 0. The largest absolute Gasteiger partial charge is 0.461 e. The fourth-order valence-corrected chi connectivity index (χ4v) is 2.46. The second kappa shape index (κ2) is 11.8. The van der Waals surface area contributed by atoms with E-state index >= 15 is 0 Å². The Bertz CT molecular complexity index is 485. The molecule has 0 aromatic rings. The highest BCUT2D eigenvalue weighted by Gasteiger charge is 2.27. The Hall–Kier alpha value is -1.79. The van der Waals surface area contributed by atoms with Crippen LogP contribution in [0.5, 0.6) is 0 Å². The van der Waals surface area contributed by atoms with Crippen molar-refractivity contribution >= 4 is 18.0 Å². The van der Waals surface area contributed by atoms with E-state index in [1.807, 2.05) is 20.8 Å². The van der Waals surface area contributed by atoms with Gasteiger partial charge in [-0.2, -0.15) is 0 Å². The summed E-state index contributed by atoms with van der Waals surface area (Å²) in [6, 6.07) is -0.764. The van der Waals surface area contributed by atoms with Gasteiger partial charge in [0.15, 0.2) is 0 Å². The van der Waals surface area contributed by atoms with Crippen LogP contribution in [-0.4, -0.2) is 41.8 Å². The molecule has 0 aromatic carbocycles. The van der Waals surface area contributed by atoms with Crippen molar-refractivity contribution in [3.63, 3.8) is 0 Å². The number of hydrogen-bond donors (Lipinski definition) is 2. The van der Waals surface area contributed by atoms with Gasteiger partial charge in [-0.1, -0.05) is 26.7 Å². The molecule has 7 heteroatoms. The fraction of sp³-hybridized carbons (Fsp3) is 0.850. The highest BCUT2D eigenvalue weighted by Crippen LogP contribution is 2.19. The Morgan fingerprint density at radius 1 is 1.00 bits per heavy atom. The van der Waals surface area contributed by atoms with E-state index in [9.17, 15) is 14.4 Å². The summed E-state index contributed by atoms with van der Waals surface area (Å²) < 4.78 is 10.8. The summed E-state index contributed by atoms with van der Waals surface area (Å²) in [6.07, 6.45) is 1.78. The van der Waals surface area contributed by atoms with Crippen LogP contribution in [0.1, 0.15) is 81.1 Å². The third kappa shape index (κ3) is 12.3. The number of rotatable bonds is 10. The molecule has 0 spiro atoms. The maximum Gasteiger partial charge on any atom is 0.408 e. The second-order valence-corrected chi connectivity index (χ2v) is 8.39. The van der Waals surface area contributed by atoms with Crippen LogP contribution in [0.15, 0.2) is 0 Å². The van der Waals surface area contributed by atoms with Gasteiger partial charge in [0, 0.05) is 18.4 Å². The first-order chi connectivity index (χ1) is 12.4. The van der Waals surface area contributed by atoms with Gasteiger partial charge in [-0.15, -0.1) is 0 Å². The van der Waals surface area contributed by atoms with Crippen LogP contribution in [-0.2, 0) is 19.1 Å². The average Bonchev–Trinajstić information content (AvgIpc) is 2.47. The molecule has 0 aliphatic carbocycles. The lowest BCUT2D eigenvalue weighted by molar-refractivity contribution is -0.155. The highest BCUT2D eigenvalue weighted by atomic mass is 16.6. The number of ether oxygens (including phenoxy) is 2. The predicted octanol–water partition coefficient (Wildman–Crippen LogP) is 3.55. The van der Waals surface area contributed by atoms with Gasteiger partial charge in [-0.3, -0.25) is 4.79 Å². The van der Waals surface area contributed by atoms with Crippen LogP contribution in [0.25, 0.3) is 0 Å². The molecule has 3 atom stereocenters. The van der Waals surface area contributed by atoms with Crippen LogP contribution in [0.4, 0.5) is 4.79 Å². The van der Waals surface area contributed by atoms with E-state index in [1.54, 1.807) is 27.7 Å². The first kappa shape index (κ1) is 25.2. The third-order valence-corrected chi connectivity index (χ3v) is 3.79. The van der Waals surface area contributed by atoms with Crippen molar-refractivity contribution in [2.45, 2.75) is 105 Å². The van der Waals surface area contributed by atoms with Crippen LogP contribution in [0, 0.1) is 5.92 Å². The van der Waals surface area contributed by atoms with Gasteiger partial charge in [0.2, 0.25) is 5.91 Å². The Kier molecular flexibility index (Phi) is 11.0. The molecule has 0 aliphatic rings. The molecule has 2 amide bonds. The maximum absolute atomic E-state index is 12.4. The summed E-state index contributed by atoms with van der Waals surface area (Å²) in [5, 5.41) is 5.34. The summed E-state index contributed by atoms with van der Waals surface area (Å²) in [6.45, 7) is 14.6. The molecular formula is C20H38N2O5. The summed E-state index contributed by atoms with van der Waals surface area (Å²) in [5.74, 6) is -0.707. The molecule has 0 aromatic heterocycles. The number of esters is 1. The van der Waals surface area contributed by atoms with Crippen molar-refractivity contribution in [3.05, 3.63) is 0 Å². The van der Waals surface area contributed by atoms with E-state index < -0.39 is 23.7 Å². The van der Waals surface area contributed by atoms with Gasteiger partial charge in [-0.05, 0) is 48.0 Å². The zero-order valence-electron chi connectivity index (χ0n) is 18.2. The molecular weight excluding hydrogens is 348 g/mol. The Labute approximate surface area is 163 Å². The molecule has 0 heterocycles.